The van der Waals surface area contributed by atoms with E-state index in [4.69, 9.17) is 4.74 Å². The highest BCUT2D eigenvalue weighted by Gasteiger charge is 2.25. The van der Waals surface area contributed by atoms with Crippen molar-refractivity contribution in [2.45, 2.75) is 18.9 Å². The molecule has 1 saturated heterocycles. The van der Waals surface area contributed by atoms with Gasteiger partial charge in [0.15, 0.2) is 0 Å². The number of rotatable bonds is 6. The van der Waals surface area contributed by atoms with Crippen molar-refractivity contribution in [2.75, 3.05) is 40.3 Å². The number of hydrogen-bond acceptors (Lipinski definition) is 5. The lowest BCUT2D eigenvalue weighted by Gasteiger charge is -2.32. The van der Waals surface area contributed by atoms with Gasteiger partial charge < -0.3 is 14.5 Å². The molecule has 2 aromatic rings. The Morgan fingerprint density at radius 2 is 2.12 bits per heavy atom. The predicted molar refractivity (Wildman–Crippen MR) is 94.7 cm³/mol. The second kappa shape index (κ2) is 8.11. The number of hydrogen-bond donors (Lipinski definition) is 0. The van der Waals surface area contributed by atoms with Crippen molar-refractivity contribution in [3.05, 3.63) is 42.4 Å². The number of carbonyl (C=O) groups excluding carboxylic acids is 1. The fourth-order valence-corrected chi connectivity index (χ4v) is 2.97. The van der Waals surface area contributed by atoms with E-state index in [0.29, 0.717) is 24.1 Å². The van der Waals surface area contributed by atoms with Gasteiger partial charge in [-0.05, 0) is 39.1 Å². The summed E-state index contributed by atoms with van der Waals surface area (Å²) in [6, 6.07) is 5.80. The first-order chi connectivity index (χ1) is 12.1. The molecule has 0 unspecified atom stereocenters. The standard InChI is InChI=1S/C18H25N5O2/c1-21(2)12-13-25-17-14-15(4-8-19-17)18(24)22-10-5-16(6-11-22)23-9-3-7-20-23/h3-4,7-9,14,16H,5-6,10-13H2,1-2H3. The number of ether oxygens (including phenoxy) is 1. The smallest absolute Gasteiger partial charge is 0.254 e. The summed E-state index contributed by atoms with van der Waals surface area (Å²) in [6.45, 7) is 2.83. The zero-order valence-electron chi connectivity index (χ0n) is 14.8. The van der Waals surface area contributed by atoms with Crippen molar-refractivity contribution >= 4 is 5.91 Å². The molecule has 0 aromatic carbocycles. The van der Waals surface area contributed by atoms with E-state index in [2.05, 4.69) is 10.1 Å². The molecule has 7 nitrogen and oxygen atoms in total. The van der Waals surface area contributed by atoms with Crippen molar-refractivity contribution in [3.8, 4) is 5.88 Å². The fourth-order valence-electron chi connectivity index (χ4n) is 2.97. The molecular formula is C18H25N5O2. The molecule has 0 spiro atoms. The summed E-state index contributed by atoms with van der Waals surface area (Å²) >= 11 is 0. The van der Waals surface area contributed by atoms with Crippen LogP contribution in [0.5, 0.6) is 5.88 Å². The molecule has 0 bridgehead atoms. The van der Waals surface area contributed by atoms with E-state index in [-0.39, 0.29) is 5.91 Å². The van der Waals surface area contributed by atoms with Crippen LogP contribution in [0.4, 0.5) is 0 Å². The Morgan fingerprint density at radius 1 is 1.32 bits per heavy atom. The molecule has 25 heavy (non-hydrogen) atoms. The number of piperidine rings is 1. The van der Waals surface area contributed by atoms with Crippen LogP contribution in [0, 0.1) is 0 Å². The topological polar surface area (TPSA) is 63.5 Å². The molecule has 0 atom stereocenters. The lowest BCUT2D eigenvalue weighted by molar-refractivity contribution is 0.0689. The quantitative estimate of drug-likeness (QED) is 0.799. The summed E-state index contributed by atoms with van der Waals surface area (Å²) in [5.74, 6) is 0.540. The third kappa shape index (κ3) is 4.57. The van der Waals surface area contributed by atoms with Gasteiger partial charge in [-0.15, -0.1) is 0 Å². The van der Waals surface area contributed by atoms with E-state index in [9.17, 15) is 4.79 Å². The molecule has 1 fully saturated rings. The number of amides is 1. The Hall–Kier alpha value is -2.41. The second-order valence-electron chi connectivity index (χ2n) is 6.54. The molecule has 0 N–H and O–H groups in total. The Labute approximate surface area is 148 Å². The second-order valence-corrected chi connectivity index (χ2v) is 6.54. The van der Waals surface area contributed by atoms with E-state index >= 15 is 0 Å². The van der Waals surface area contributed by atoms with Crippen molar-refractivity contribution < 1.29 is 9.53 Å². The van der Waals surface area contributed by atoms with Crippen LogP contribution < -0.4 is 4.74 Å². The summed E-state index contributed by atoms with van der Waals surface area (Å²) < 4.78 is 7.62. The molecule has 1 aliphatic heterocycles. The molecule has 3 heterocycles. The largest absolute Gasteiger partial charge is 0.476 e. The van der Waals surface area contributed by atoms with Crippen LogP contribution in [0.15, 0.2) is 36.8 Å². The highest BCUT2D eigenvalue weighted by molar-refractivity contribution is 5.94. The van der Waals surface area contributed by atoms with Crippen LogP contribution in [0.1, 0.15) is 29.2 Å². The minimum absolute atomic E-state index is 0.0405. The van der Waals surface area contributed by atoms with Gasteiger partial charge in [0, 0.05) is 49.9 Å². The van der Waals surface area contributed by atoms with E-state index in [0.717, 1.165) is 32.5 Å². The number of nitrogens with zero attached hydrogens (tertiary/aromatic N) is 5. The van der Waals surface area contributed by atoms with Crippen LogP contribution in [0.3, 0.4) is 0 Å². The normalized spacial score (nSPS) is 15.6. The predicted octanol–water partition coefficient (Wildman–Crippen LogP) is 1.70. The highest BCUT2D eigenvalue weighted by atomic mass is 16.5. The lowest BCUT2D eigenvalue weighted by atomic mass is 10.0. The van der Waals surface area contributed by atoms with Crippen LogP contribution in [-0.4, -0.2) is 70.8 Å². The molecular weight excluding hydrogens is 318 g/mol. The first-order valence-electron chi connectivity index (χ1n) is 8.65. The fraction of sp³-hybridized carbons (Fsp3) is 0.500. The minimum atomic E-state index is 0.0405. The summed E-state index contributed by atoms with van der Waals surface area (Å²) in [7, 11) is 3.98. The number of aromatic nitrogens is 3. The monoisotopic (exact) mass is 343 g/mol. The lowest BCUT2D eigenvalue weighted by Crippen LogP contribution is -2.39. The molecule has 0 aliphatic carbocycles. The molecule has 3 rings (SSSR count). The van der Waals surface area contributed by atoms with Gasteiger partial charge in [0.05, 0.1) is 6.04 Å². The van der Waals surface area contributed by atoms with Crippen LogP contribution in [0.25, 0.3) is 0 Å². The van der Waals surface area contributed by atoms with Gasteiger partial charge in [0.2, 0.25) is 5.88 Å². The van der Waals surface area contributed by atoms with Crippen LogP contribution in [-0.2, 0) is 0 Å². The summed E-state index contributed by atoms with van der Waals surface area (Å²) in [5, 5.41) is 4.31. The van der Waals surface area contributed by atoms with E-state index < -0.39 is 0 Å². The van der Waals surface area contributed by atoms with Gasteiger partial charge in [-0.2, -0.15) is 5.10 Å². The number of likely N-dealkylation sites (N-methyl/N-ethyl adjacent to an activating group) is 1. The molecule has 7 heteroatoms. The maximum Gasteiger partial charge on any atom is 0.254 e. The van der Waals surface area contributed by atoms with Crippen LogP contribution >= 0.6 is 0 Å². The maximum atomic E-state index is 12.7. The Morgan fingerprint density at radius 3 is 2.80 bits per heavy atom. The minimum Gasteiger partial charge on any atom is -0.476 e. The first kappa shape index (κ1) is 17.4. The van der Waals surface area contributed by atoms with Crippen molar-refractivity contribution in [1.29, 1.82) is 0 Å². The Balaban J connectivity index is 1.56. The summed E-state index contributed by atoms with van der Waals surface area (Å²) in [6.07, 6.45) is 7.26. The number of pyridine rings is 1. The highest BCUT2D eigenvalue weighted by Crippen LogP contribution is 2.23. The number of likely N-dealkylation sites (tertiary alicyclic amines) is 1. The van der Waals surface area contributed by atoms with Gasteiger partial charge in [0.25, 0.3) is 5.91 Å². The van der Waals surface area contributed by atoms with Gasteiger partial charge in [-0.3, -0.25) is 9.48 Å². The third-order valence-electron chi connectivity index (χ3n) is 4.42. The van der Waals surface area contributed by atoms with Gasteiger partial charge in [-0.25, -0.2) is 4.98 Å². The van der Waals surface area contributed by atoms with Gasteiger partial charge in [0.1, 0.15) is 6.61 Å². The first-order valence-corrected chi connectivity index (χ1v) is 8.65. The summed E-state index contributed by atoms with van der Waals surface area (Å²) in [4.78, 5) is 20.9. The number of carbonyl (C=O) groups is 1. The van der Waals surface area contributed by atoms with Crippen molar-refractivity contribution in [1.82, 2.24) is 24.6 Å². The maximum absolute atomic E-state index is 12.7. The van der Waals surface area contributed by atoms with Crippen molar-refractivity contribution in [3.63, 3.8) is 0 Å². The van der Waals surface area contributed by atoms with Crippen LogP contribution in [0.2, 0.25) is 0 Å². The average Bonchev–Trinajstić information content (AvgIpc) is 3.16. The van der Waals surface area contributed by atoms with Gasteiger partial charge >= 0.3 is 0 Å². The Bertz CT molecular complexity index is 679. The summed E-state index contributed by atoms with van der Waals surface area (Å²) in [5.41, 5.74) is 0.632. The van der Waals surface area contributed by atoms with Gasteiger partial charge in [-0.1, -0.05) is 0 Å². The van der Waals surface area contributed by atoms with Crippen molar-refractivity contribution in [2.24, 2.45) is 0 Å². The third-order valence-corrected chi connectivity index (χ3v) is 4.42. The SMILES string of the molecule is CN(C)CCOc1cc(C(=O)N2CCC(n3cccn3)CC2)ccn1. The molecule has 0 saturated carbocycles. The van der Waals surface area contributed by atoms with E-state index in [1.54, 1.807) is 24.5 Å². The zero-order valence-corrected chi connectivity index (χ0v) is 14.8. The Kier molecular flexibility index (Phi) is 5.65. The zero-order chi connectivity index (χ0) is 17.6. The average molecular weight is 343 g/mol. The molecule has 1 aliphatic rings. The van der Waals surface area contributed by atoms with E-state index in [1.807, 2.05) is 40.8 Å². The molecule has 1 amide bonds. The van der Waals surface area contributed by atoms with E-state index in [1.165, 1.54) is 0 Å². The molecule has 2 aromatic heterocycles. The molecule has 0 radical (unpaired) electrons. The molecule has 134 valence electrons.